The first-order chi connectivity index (χ1) is 13.2. The van der Waals surface area contributed by atoms with Crippen LogP contribution in [0.15, 0.2) is 70.6 Å². The Morgan fingerprint density at radius 2 is 2.07 bits per heavy atom. The van der Waals surface area contributed by atoms with Crippen LogP contribution in [0.2, 0.25) is 0 Å². The lowest BCUT2D eigenvalue weighted by atomic mass is 10.2. The Morgan fingerprint density at radius 3 is 2.85 bits per heavy atom. The minimum absolute atomic E-state index is 0.0609. The summed E-state index contributed by atoms with van der Waals surface area (Å²) in [5.41, 5.74) is 1.15. The van der Waals surface area contributed by atoms with Crippen LogP contribution in [0.3, 0.4) is 0 Å². The standard InChI is InChI=1S/C20H17N3O2S2/c1-13(16-8-5-9-25-16)23-18(24)11-26-19-15-10-17(14-6-3-2-4-7-14)27-20(15)22-12-21-19/h2-10,12-13H,11H2,1H3,(H,23,24)/t13-/m1/s1. The number of thioether (sulfide) groups is 1. The van der Waals surface area contributed by atoms with Crippen molar-refractivity contribution in [3.8, 4) is 10.4 Å². The molecule has 3 aromatic heterocycles. The Bertz CT molecular complexity index is 1050. The van der Waals surface area contributed by atoms with Gasteiger partial charge in [-0.05, 0) is 30.7 Å². The molecule has 1 aromatic carbocycles. The molecule has 136 valence electrons. The fourth-order valence-electron chi connectivity index (χ4n) is 2.72. The molecule has 0 aliphatic heterocycles. The third-order valence-electron chi connectivity index (χ3n) is 4.04. The molecule has 4 aromatic rings. The van der Waals surface area contributed by atoms with Crippen molar-refractivity contribution < 1.29 is 9.21 Å². The number of benzene rings is 1. The van der Waals surface area contributed by atoms with Gasteiger partial charge in [0.05, 0.1) is 18.1 Å². The molecule has 0 unspecified atom stereocenters. The van der Waals surface area contributed by atoms with Gasteiger partial charge in [0.1, 0.15) is 21.9 Å². The number of carbonyl (C=O) groups excluding carboxylic acids is 1. The monoisotopic (exact) mass is 395 g/mol. The number of rotatable bonds is 6. The fraction of sp³-hybridized carbons (Fsp3) is 0.150. The molecular formula is C20H17N3O2S2. The van der Waals surface area contributed by atoms with E-state index in [-0.39, 0.29) is 17.7 Å². The van der Waals surface area contributed by atoms with Gasteiger partial charge in [-0.1, -0.05) is 42.1 Å². The van der Waals surface area contributed by atoms with Crippen molar-refractivity contribution in [2.75, 3.05) is 5.75 Å². The number of hydrogen-bond acceptors (Lipinski definition) is 6. The molecule has 1 atom stereocenters. The van der Waals surface area contributed by atoms with E-state index in [0.717, 1.165) is 31.4 Å². The maximum atomic E-state index is 12.3. The van der Waals surface area contributed by atoms with Crippen molar-refractivity contribution >= 4 is 39.2 Å². The van der Waals surface area contributed by atoms with Crippen molar-refractivity contribution in [1.29, 1.82) is 0 Å². The molecule has 0 aliphatic carbocycles. The lowest BCUT2D eigenvalue weighted by molar-refractivity contribution is -0.119. The molecule has 0 saturated carbocycles. The zero-order valence-electron chi connectivity index (χ0n) is 14.6. The Hall–Kier alpha value is -2.64. The van der Waals surface area contributed by atoms with E-state index in [9.17, 15) is 4.79 Å². The normalized spacial score (nSPS) is 12.2. The van der Waals surface area contributed by atoms with Gasteiger partial charge in [0.25, 0.3) is 0 Å². The summed E-state index contributed by atoms with van der Waals surface area (Å²) in [5, 5.41) is 4.74. The minimum atomic E-state index is -0.163. The Labute approximate surface area is 164 Å². The lowest BCUT2D eigenvalue weighted by Crippen LogP contribution is -2.27. The maximum Gasteiger partial charge on any atom is 0.230 e. The van der Waals surface area contributed by atoms with Crippen LogP contribution < -0.4 is 5.32 Å². The summed E-state index contributed by atoms with van der Waals surface area (Å²) in [7, 11) is 0. The molecule has 7 heteroatoms. The third-order valence-corrected chi connectivity index (χ3v) is 6.14. The average Bonchev–Trinajstić information content (AvgIpc) is 3.37. The number of hydrogen-bond donors (Lipinski definition) is 1. The highest BCUT2D eigenvalue weighted by atomic mass is 32.2. The van der Waals surface area contributed by atoms with Crippen LogP contribution in [0.4, 0.5) is 0 Å². The quantitative estimate of drug-likeness (QED) is 0.371. The summed E-state index contributed by atoms with van der Waals surface area (Å²) >= 11 is 3.05. The van der Waals surface area contributed by atoms with Crippen LogP contribution in [0.25, 0.3) is 20.7 Å². The van der Waals surface area contributed by atoms with E-state index in [1.807, 2.05) is 37.3 Å². The van der Waals surface area contributed by atoms with E-state index >= 15 is 0 Å². The van der Waals surface area contributed by atoms with Gasteiger partial charge in [0.2, 0.25) is 5.91 Å². The van der Waals surface area contributed by atoms with E-state index < -0.39 is 0 Å². The van der Waals surface area contributed by atoms with Crippen LogP contribution in [0.5, 0.6) is 0 Å². The van der Waals surface area contributed by atoms with Gasteiger partial charge in [0, 0.05) is 10.3 Å². The summed E-state index contributed by atoms with van der Waals surface area (Å²) in [5.74, 6) is 0.963. The Balaban J connectivity index is 1.47. The number of nitrogens with zero attached hydrogens (tertiary/aromatic N) is 2. The van der Waals surface area contributed by atoms with Crippen LogP contribution in [-0.2, 0) is 4.79 Å². The highest BCUT2D eigenvalue weighted by Gasteiger charge is 2.15. The van der Waals surface area contributed by atoms with Crippen molar-refractivity contribution in [1.82, 2.24) is 15.3 Å². The molecular weight excluding hydrogens is 378 g/mol. The minimum Gasteiger partial charge on any atom is -0.467 e. The smallest absolute Gasteiger partial charge is 0.230 e. The predicted octanol–water partition coefficient (Wildman–Crippen LogP) is 4.92. The average molecular weight is 396 g/mol. The third kappa shape index (κ3) is 4.04. The summed E-state index contributed by atoms with van der Waals surface area (Å²) in [6.45, 7) is 1.90. The van der Waals surface area contributed by atoms with Crippen molar-refractivity contribution in [3.63, 3.8) is 0 Å². The molecule has 3 heterocycles. The van der Waals surface area contributed by atoms with Gasteiger partial charge in [-0.3, -0.25) is 4.79 Å². The van der Waals surface area contributed by atoms with E-state index in [1.165, 1.54) is 11.8 Å². The van der Waals surface area contributed by atoms with Gasteiger partial charge in [0.15, 0.2) is 0 Å². The van der Waals surface area contributed by atoms with Gasteiger partial charge in [-0.15, -0.1) is 11.3 Å². The molecule has 0 radical (unpaired) electrons. The number of aromatic nitrogens is 2. The Morgan fingerprint density at radius 1 is 1.22 bits per heavy atom. The van der Waals surface area contributed by atoms with Crippen LogP contribution in [-0.4, -0.2) is 21.6 Å². The summed E-state index contributed by atoms with van der Waals surface area (Å²) in [6, 6.07) is 15.8. The molecule has 0 aliphatic rings. The van der Waals surface area contributed by atoms with Crippen molar-refractivity contribution in [3.05, 3.63) is 66.9 Å². The van der Waals surface area contributed by atoms with Gasteiger partial charge in [-0.2, -0.15) is 0 Å². The summed E-state index contributed by atoms with van der Waals surface area (Å²) < 4.78 is 5.32. The molecule has 1 N–H and O–H groups in total. The van der Waals surface area contributed by atoms with Gasteiger partial charge in [-0.25, -0.2) is 9.97 Å². The second-order valence-corrected chi connectivity index (χ2v) is 7.96. The van der Waals surface area contributed by atoms with Gasteiger partial charge >= 0.3 is 0 Å². The first-order valence-corrected chi connectivity index (χ1v) is 10.3. The number of furan rings is 1. The molecule has 0 saturated heterocycles. The van der Waals surface area contributed by atoms with Crippen LogP contribution >= 0.6 is 23.1 Å². The second-order valence-electron chi connectivity index (χ2n) is 5.97. The SMILES string of the molecule is C[C@@H](NC(=O)CSc1ncnc2sc(-c3ccccc3)cc12)c1ccco1. The molecule has 1 amide bonds. The molecule has 0 bridgehead atoms. The zero-order chi connectivity index (χ0) is 18.6. The first-order valence-electron chi connectivity index (χ1n) is 8.46. The molecule has 4 rings (SSSR count). The first kappa shape index (κ1) is 17.8. The fourth-order valence-corrected chi connectivity index (χ4v) is 4.57. The van der Waals surface area contributed by atoms with E-state index in [2.05, 4.69) is 33.5 Å². The highest BCUT2D eigenvalue weighted by Crippen LogP contribution is 2.36. The topological polar surface area (TPSA) is 68.0 Å². The van der Waals surface area contributed by atoms with E-state index in [0.29, 0.717) is 0 Å². The summed E-state index contributed by atoms with van der Waals surface area (Å²) in [4.78, 5) is 23.1. The number of fused-ring (bicyclic) bond motifs is 1. The lowest BCUT2D eigenvalue weighted by Gasteiger charge is -2.11. The largest absolute Gasteiger partial charge is 0.467 e. The molecule has 5 nitrogen and oxygen atoms in total. The van der Waals surface area contributed by atoms with Crippen molar-refractivity contribution in [2.24, 2.45) is 0 Å². The van der Waals surface area contributed by atoms with E-state index in [1.54, 1.807) is 23.9 Å². The number of nitrogens with one attached hydrogen (secondary N) is 1. The molecule has 0 fully saturated rings. The second kappa shape index (κ2) is 7.94. The van der Waals surface area contributed by atoms with Crippen LogP contribution in [0, 0.1) is 0 Å². The number of carbonyl (C=O) groups is 1. The van der Waals surface area contributed by atoms with Crippen LogP contribution in [0.1, 0.15) is 18.7 Å². The predicted molar refractivity (Wildman–Crippen MR) is 109 cm³/mol. The zero-order valence-corrected chi connectivity index (χ0v) is 16.2. The highest BCUT2D eigenvalue weighted by molar-refractivity contribution is 8.00. The van der Waals surface area contributed by atoms with E-state index in [4.69, 9.17) is 4.42 Å². The summed E-state index contributed by atoms with van der Waals surface area (Å²) in [6.07, 6.45) is 3.16. The Kier molecular flexibility index (Phi) is 5.22. The van der Waals surface area contributed by atoms with Gasteiger partial charge < -0.3 is 9.73 Å². The molecule has 0 spiro atoms. The number of amides is 1. The maximum absolute atomic E-state index is 12.3. The number of thiophene rings is 1. The molecule has 27 heavy (non-hydrogen) atoms. The van der Waals surface area contributed by atoms with Crippen molar-refractivity contribution in [2.45, 2.75) is 18.0 Å².